The number of epoxide rings is 2. The van der Waals surface area contributed by atoms with Gasteiger partial charge in [0, 0.05) is 0 Å². The van der Waals surface area contributed by atoms with Gasteiger partial charge in [-0.2, -0.15) is 0 Å². The van der Waals surface area contributed by atoms with E-state index in [1.807, 2.05) is 0 Å². The van der Waals surface area contributed by atoms with Crippen molar-refractivity contribution in [3.63, 3.8) is 0 Å². The zero-order valence-electron chi connectivity index (χ0n) is 12.9. The molecular weight excluding hydrogens is 240 g/mol. The Morgan fingerprint density at radius 2 is 1.11 bits per heavy atom. The fraction of sp³-hybridized carbons (Fsp3) is 1.00. The SMILES string of the molecule is C(OCC1CO1)C1CO1.CCCCCCCCCC. The predicted molar refractivity (Wildman–Crippen MR) is 78.6 cm³/mol. The van der Waals surface area contributed by atoms with Gasteiger partial charge in [-0.1, -0.05) is 65.2 Å². The smallest absolute Gasteiger partial charge is 0.104 e. The van der Waals surface area contributed by atoms with Gasteiger partial charge in [-0.15, -0.1) is 0 Å². The molecule has 2 unspecified atom stereocenters. The van der Waals surface area contributed by atoms with Gasteiger partial charge in [-0.25, -0.2) is 0 Å². The Morgan fingerprint density at radius 3 is 1.42 bits per heavy atom. The Balaban J connectivity index is 0.000000190. The van der Waals surface area contributed by atoms with E-state index in [1.54, 1.807) is 0 Å². The lowest BCUT2D eigenvalue weighted by Crippen LogP contribution is -2.06. The summed E-state index contributed by atoms with van der Waals surface area (Å²) in [5, 5.41) is 0. The molecule has 2 aliphatic rings. The molecule has 0 saturated carbocycles. The minimum Gasteiger partial charge on any atom is -0.376 e. The first-order valence-electron chi connectivity index (χ1n) is 8.17. The maximum atomic E-state index is 5.23. The molecule has 0 spiro atoms. The molecule has 19 heavy (non-hydrogen) atoms. The Kier molecular flexibility index (Phi) is 10.4. The first-order valence-corrected chi connectivity index (χ1v) is 8.17. The molecule has 2 aliphatic heterocycles. The van der Waals surface area contributed by atoms with Gasteiger partial charge in [-0.05, 0) is 0 Å². The molecule has 2 saturated heterocycles. The normalized spacial score (nSPS) is 23.7. The van der Waals surface area contributed by atoms with E-state index in [1.165, 1.54) is 51.4 Å². The molecule has 0 N–H and O–H groups in total. The molecule has 0 aliphatic carbocycles. The molecule has 2 heterocycles. The van der Waals surface area contributed by atoms with Crippen LogP contribution in [0.2, 0.25) is 0 Å². The minimum atomic E-state index is 0.392. The molecule has 2 rings (SSSR count). The fourth-order valence-corrected chi connectivity index (χ4v) is 1.87. The third kappa shape index (κ3) is 12.6. The van der Waals surface area contributed by atoms with E-state index >= 15 is 0 Å². The average molecular weight is 272 g/mol. The van der Waals surface area contributed by atoms with Crippen LogP contribution in [-0.2, 0) is 14.2 Å². The molecule has 2 fully saturated rings. The Labute approximate surface area is 119 Å². The van der Waals surface area contributed by atoms with E-state index in [9.17, 15) is 0 Å². The third-order valence-corrected chi connectivity index (χ3v) is 3.37. The van der Waals surface area contributed by atoms with Crippen LogP contribution in [0.4, 0.5) is 0 Å². The molecule has 3 nitrogen and oxygen atoms in total. The molecule has 3 heteroatoms. The van der Waals surface area contributed by atoms with Crippen LogP contribution in [0.1, 0.15) is 65.2 Å². The Hall–Kier alpha value is -0.120. The summed E-state index contributed by atoms with van der Waals surface area (Å²) in [6, 6.07) is 0. The Morgan fingerprint density at radius 1 is 0.737 bits per heavy atom. The molecule has 2 atom stereocenters. The van der Waals surface area contributed by atoms with Crippen molar-refractivity contribution in [1.82, 2.24) is 0 Å². The molecule has 114 valence electrons. The van der Waals surface area contributed by atoms with Gasteiger partial charge in [-0.3, -0.25) is 0 Å². The molecular formula is C16H32O3. The number of ether oxygens (including phenoxy) is 3. The lowest BCUT2D eigenvalue weighted by molar-refractivity contribution is 0.102. The standard InChI is InChI=1S/C10H22.C6H10O3/c1-3-5-7-9-10-8-6-4-2;1(5-3-8-5)7-2-6-4-9-6/h3-10H2,1-2H3;5-6H,1-4H2. The molecule has 0 radical (unpaired) electrons. The van der Waals surface area contributed by atoms with Gasteiger partial charge in [0.1, 0.15) is 12.2 Å². The first kappa shape index (κ1) is 16.9. The van der Waals surface area contributed by atoms with Crippen LogP contribution in [0.3, 0.4) is 0 Å². The van der Waals surface area contributed by atoms with Gasteiger partial charge in [0.05, 0.1) is 26.4 Å². The number of rotatable bonds is 11. The van der Waals surface area contributed by atoms with Gasteiger partial charge >= 0.3 is 0 Å². The van der Waals surface area contributed by atoms with Crippen molar-refractivity contribution in [2.45, 2.75) is 77.4 Å². The summed E-state index contributed by atoms with van der Waals surface area (Å²) < 4.78 is 15.1. The first-order chi connectivity index (χ1) is 9.36. The van der Waals surface area contributed by atoms with E-state index in [-0.39, 0.29) is 0 Å². The molecule has 0 amide bonds. The highest BCUT2D eigenvalue weighted by Crippen LogP contribution is 2.12. The van der Waals surface area contributed by atoms with Gasteiger partial charge in [0.2, 0.25) is 0 Å². The van der Waals surface area contributed by atoms with Crippen LogP contribution in [0, 0.1) is 0 Å². The summed E-state index contributed by atoms with van der Waals surface area (Å²) in [4.78, 5) is 0. The van der Waals surface area contributed by atoms with Crippen LogP contribution in [0.5, 0.6) is 0 Å². The Bertz CT molecular complexity index is 168. The van der Waals surface area contributed by atoms with Crippen LogP contribution >= 0.6 is 0 Å². The maximum absolute atomic E-state index is 5.23. The fourth-order valence-electron chi connectivity index (χ4n) is 1.87. The van der Waals surface area contributed by atoms with Crippen LogP contribution in [0.25, 0.3) is 0 Å². The number of hydrogen-bond donors (Lipinski definition) is 0. The van der Waals surface area contributed by atoms with Crippen molar-refractivity contribution in [2.75, 3.05) is 26.4 Å². The van der Waals surface area contributed by atoms with Crippen LogP contribution in [-0.4, -0.2) is 38.6 Å². The quantitative estimate of drug-likeness (QED) is 0.422. The molecule has 0 aromatic heterocycles. The summed E-state index contributed by atoms with van der Waals surface area (Å²) in [7, 11) is 0. The molecule has 0 aromatic rings. The second-order valence-electron chi connectivity index (χ2n) is 5.57. The summed E-state index contributed by atoms with van der Waals surface area (Å²) >= 11 is 0. The summed E-state index contributed by atoms with van der Waals surface area (Å²) in [6.45, 7) is 7.80. The van der Waals surface area contributed by atoms with Gasteiger partial charge in [0.25, 0.3) is 0 Å². The summed E-state index contributed by atoms with van der Waals surface area (Å²) in [6.07, 6.45) is 12.2. The van der Waals surface area contributed by atoms with Crippen molar-refractivity contribution < 1.29 is 14.2 Å². The van der Waals surface area contributed by atoms with Crippen molar-refractivity contribution in [2.24, 2.45) is 0 Å². The maximum Gasteiger partial charge on any atom is 0.104 e. The predicted octanol–water partition coefficient (Wildman–Crippen LogP) is 3.95. The summed E-state index contributed by atoms with van der Waals surface area (Å²) in [5.41, 5.74) is 0. The van der Waals surface area contributed by atoms with Crippen LogP contribution in [0.15, 0.2) is 0 Å². The van der Waals surface area contributed by atoms with Gasteiger partial charge < -0.3 is 14.2 Å². The minimum absolute atomic E-state index is 0.392. The lowest BCUT2D eigenvalue weighted by Gasteiger charge is -1.97. The van der Waals surface area contributed by atoms with Crippen molar-refractivity contribution in [1.29, 1.82) is 0 Å². The highest BCUT2D eigenvalue weighted by molar-refractivity contribution is 4.71. The van der Waals surface area contributed by atoms with E-state index < -0.39 is 0 Å². The highest BCUT2D eigenvalue weighted by Gasteiger charge is 2.26. The lowest BCUT2D eigenvalue weighted by atomic mass is 10.1. The van der Waals surface area contributed by atoms with Crippen molar-refractivity contribution in [3.05, 3.63) is 0 Å². The largest absolute Gasteiger partial charge is 0.376 e. The van der Waals surface area contributed by atoms with Crippen LogP contribution < -0.4 is 0 Å². The zero-order valence-corrected chi connectivity index (χ0v) is 12.9. The number of hydrogen-bond acceptors (Lipinski definition) is 3. The van der Waals surface area contributed by atoms with Gasteiger partial charge in [0.15, 0.2) is 0 Å². The van der Waals surface area contributed by atoms with E-state index in [0.717, 1.165) is 26.4 Å². The zero-order chi connectivity index (χ0) is 13.8. The highest BCUT2D eigenvalue weighted by atomic mass is 16.6. The topological polar surface area (TPSA) is 34.3 Å². The molecule has 0 bridgehead atoms. The number of unbranched alkanes of at least 4 members (excludes halogenated alkanes) is 7. The van der Waals surface area contributed by atoms with Crippen molar-refractivity contribution >= 4 is 0 Å². The van der Waals surface area contributed by atoms with E-state index in [2.05, 4.69) is 13.8 Å². The monoisotopic (exact) mass is 272 g/mol. The third-order valence-electron chi connectivity index (χ3n) is 3.37. The van der Waals surface area contributed by atoms with Crippen molar-refractivity contribution in [3.8, 4) is 0 Å². The van der Waals surface area contributed by atoms with E-state index in [0.29, 0.717) is 12.2 Å². The second kappa shape index (κ2) is 11.7. The molecule has 0 aromatic carbocycles. The average Bonchev–Trinajstić information content (AvgIpc) is 3.28. The van der Waals surface area contributed by atoms with E-state index in [4.69, 9.17) is 14.2 Å². The summed E-state index contributed by atoms with van der Waals surface area (Å²) in [5.74, 6) is 0. The second-order valence-corrected chi connectivity index (χ2v) is 5.57.